The fourth-order valence-electron chi connectivity index (χ4n) is 2.34. The summed E-state index contributed by atoms with van der Waals surface area (Å²) in [5, 5.41) is 4.26. The van der Waals surface area contributed by atoms with Crippen LogP contribution in [-0.4, -0.2) is 13.7 Å². The molecule has 1 aliphatic rings. The van der Waals surface area contributed by atoms with Crippen LogP contribution in [0.1, 0.15) is 24.8 Å². The molecule has 1 N–H and O–H groups in total. The Morgan fingerprint density at radius 3 is 3.00 bits per heavy atom. The van der Waals surface area contributed by atoms with Crippen molar-refractivity contribution in [3.8, 4) is 5.75 Å². The molecule has 1 aliphatic carbocycles. The van der Waals surface area contributed by atoms with Crippen LogP contribution >= 0.6 is 11.6 Å². The molecule has 0 saturated heterocycles. The van der Waals surface area contributed by atoms with E-state index in [2.05, 4.69) is 17.5 Å². The molecule has 0 fully saturated rings. The van der Waals surface area contributed by atoms with Crippen molar-refractivity contribution < 1.29 is 4.74 Å². The monoisotopic (exact) mass is 265 g/mol. The molecule has 0 spiro atoms. The van der Waals surface area contributed by atoms with Crippen LogP contribution in [0.25, 0.3) is 0 Å². The van der Waals surface area contributed by atoms with Crippen LogP contribution in [0.2, 0.25) is 5.02 Å². The summed E-state index contributed by atoms with van der Waals surface area (Å²) in [6, 6.07) is 5.74. The van der Waals surface area contributed by atoms with E-state index in [0.29, 0.717) is 0 Å². The quantitative estimate of drug-likeness (QED) is 0.818. The molecule has 2 rings (SSSR count). The van der Waals surface area contributed by atoms with E-state index in [1.807, 2.05) is 18.2 Å². The van der Waals surface area contributed by atoms with E-state index < -0.39 is 0 Å². The third-order valence-corrected chi connectivity index (χ3v) is 3.60. The number of methoxy groups -OCH3 is 1. The van der Waals surface area contributed by atoms with Crippen molar-refractivity contribution in [1.29, 1.82) is 0 Å². The molecular formula is C15H20ClNO. The summed E-state index contributed by atoms with van der Waals surface area (Å²) < 4.78 is 5.33. The molecule has 2 nitrogen and oxygen atoms in total. The lowest BCUT2D eigenvalue weighted by Gasteiger charge is -2.18. The van der Waals surface area contributed by atoms with Crippen molar-refractivity contribution in [3.63, 3.8) is 0 Å². The highest BCUT2D eigenvalue weighted by Crippen LogP contribution is 2.23. The Labute approximate surface area is 114 Å². The van der Waals surface area contributed by atoms with E-state index >= 15 is 0 Å². The molecule has 0 heterocycles. The Balaban J connectivity index is 1.85. The van der Waals surface area contributed by atoms with Gasteiger partial charge >= 0.3 is 0 Å². The SMILES string of the molecule is COc1ccc(Cl)cc1CNCC1CC=CCC1. The molecule has 1 atom stereocenters. The number of allylic oxidation sites excluding steroid dienone is 2. The number of hydrogen-bond donors (Lipinski definition) is 1. The highest BCUT2D eigenvalue weighted by Gasteiger charge is 2.10. The van der Waals surface area contributed by atoms with Crippen LogP contribution in [-0.2, 0) is 6.54 Å². The summed E-state index contributed by atoms with van der Waals surface area (Å²) >= 11 is 6.01. The summed E-state index contributed by atoms with van der Waals surface area (Å²) in [4.78, 5) is 0. The fourth-order valence-corrected chi connectivity index (χ4v) is 2.53. The van der Waals surface area contributed by atoms with Gasteiger partial charge in [0.05, 0.1) is 7.11 Å². The minimum absolute atomic E-state index is 0.758. The molecule has 1 aromatic rings. The molecule has 0 amide bonds. The van der Waals surface area contributed by atoms with Gasteiger partial charge in [-0.1, -0.05) is 23.8 Å². The minimum atomic E-state index is 0.758. The normalized spacial score (nSPS) is 18.9. The molecule has 98 valence electrons. The number of nitrogens with one attached hydrogen (secondary N) is 1. The summed E-state index contributed by atoms with van der Waals surface area (Å²) in [6.07, 6.45) is 8.26. The molecule has 1 aromatic carbocycles. The van der Waals surface area contributed by atoms with Gasteiger partial charge in [-0.25, -0.2) is 0 Å². The highest BCUT2D eigenvalue weighted by atomic mass is 35.5. The molecule has 0 saturated carbocycles. The maximum atomic E-state index is 6.01. The average molecular weight is 266 g/mol. The average Bonchev–Trinajstić information content (AvgIpc) is 2.40. The summed E-state index contributed by atoms with van der Waals surface area (Å²) in [5.74, 6) is 1.66. The van der Waals surface area contributed by atoms with E-state index in [1.165, 1.54) is 19.3 Å². The Bertz CT molecular complexity index is 417. The zero-order chi connectivity index (χ0) is 12.8. The van der Waals surface area contributed by atoms with E-state index in [4.69, 9.17) is 16.3 Å². The van der Waals surface area contributed by atoms with Gasteiger partial charge in [0.1, 0.15) is 5.75 Å². The number of halogens is 1. The van der Waals surface area contributed by atoms with Gasteiger partial charge in [-0.3, -0.25) is 0 Å². The van der Waals surface area contributed by atoms with Crippen molar-refractivity contribution in [1.82, 2.24) is 5.32 Å². The first-order valence-electron chi connectivity index (χ1n) is 6.47. The predicted molar refractivity (Wildman–Crippen MR) is 76.2 cm³/mol. The maximum absolute atomic E-state index is 6.01. The minimum Gasteiger partial charge on any atom is -0.496 e. The Kier molecular flexibility index (Phi) is 5.09. The first-order chi connectivity index (χ1) is 8.79. The molecule has 0 aliphatic heterocycles. The highest BCUT2D eigenvalue weighted by molar-refractivity contribution is 6.30. The van der Waals surface area contributed by atoms with Crippen molar-refractivity contribution in [2.75, 3.05) is 13.7 Å². The van der Waals surface area contributed by atoms with E-state index in [0.717, 1.165) is 35.3 Å². The van der Waals surface area contributed by atoms with E-state index in [1.54, 1.807) is 7.11 Å². The first-order valence-corrected chi connectivity index (χ1v) is 6.85. The van der Waals surface area contributed by atoms with Gasteiger partial charge in [0.25, 0.3) is 0 Å². The van der Waals surface area contributed by atoms with Crippen molar-refractivity contribution in [2.24, 2.45) is 5.92 Å². The maximum Gasteiger partial charge on any atom is 0.123 e. The van der Waals surface area contributed by atoms with E-state index in [-0.39, 0.29) is 0 Å². The second kappa shape index (κ2) is 6.81. The second-order valence-electron chi connectivity index (χ2n) is 4.74. The number of benzene rings is 1. The zero-order valence-electron chi connectivity index (χ0n) is 10.8. The molecule has 1 unspecified atom stereocenters. The van der Waals surface area contributed by atoms with Gasteiger partial charge in [0.2, 0.25) is 0 Å². The third kappa shape index (κ3) is 3.76. The molecule has 0 aromatic heterocycles. The molecule has 3 heteroatoms. The Morgan fingerprint density at radius 1 is 1.39 bits per heavy atom. The fraction of sp³-hybridized carbons (Fsp3) is 0.467. The Morgan fingerprint density at radius 2 is 2.28 bits per heavy atom. The third-order valence-electron chi connectivity index (χ3n) is 3.37. The standard InChI is InChI=1S/C15H20ClNO/c1-18-15-8-7-14(16)9-13(15)11-17-10-12-5-3-2-4-6-12/h2-3,7-9,12,17H,4-6,10-11H2,1H3. The van der Waals surface area contributed by atoms with Gasteiger partial charge in [-0.15, -0.1) is 0 Å². The zero-order valence-corrected chi connectivity index (χ0v) is 11.5. The largest absolute Gasteiger partial charge is 0.496 e. The van der Waals surface area contributed by atoms with Crippen molar-refractivity contribution in [3.05, 3.63) is 40.9 Å². The number of rotatable bonds is 5. The second-order valence-corrected chi connectivity index (χ2v) is 5.17. The van der Waals surface area contributed by atoms with Crippen LogP contribution in [0.15, 0.2) is 30.4 Å². The van der Waals surface area contributed by atoms with Crippen LogP contribution < -0.4 is 10.1 Å². The summed E-state index contributed by atoms with van der Waals surface area (Å²) in [7, 11) is 1.69. The number of ether oxygens (including phenoxy) is 1. The van der Waals surface area contributed by atoms with Gasteiger partial charge < -0.3 is 10.1 Å². The van der Waals surface area contributed by atoms with Gasteiger partial charge in [0, 0.05) is 17.1 Å². The molecule has 0 bridgehead atoms. The molecule has 0 radical (unpaired) electrons. The number of hydrogen-bond acceptors (Lipinski definition) is 2. The summed E-state index contributed by atoms with van der Waals surface area (Å²) in [6.45, 7) is 1.87. The van der Waals surface area contributed by atoms with Crippen LogP contribution in [0.5, 0.6) is 5.75 Å². The van der Waals surface area contributed by atoms with Gasteiger partial charge in [-0.05, 0) is 49.9 Å². The van der Waals surface area contributed by atoms with Crippen LogP contribution in [0, 0.1) is 5.92 Å². The van der Waals surface area contributed by atoms with E-state index in [9.17, 15) is 0 Å². The first kappa shape index (κ1) is 13.4. The van der Waals surface area contributed by atoms with Gasteiger partial charge in [0.15, 0.2) is 0 Å². The van der Waals surface area contributed by atoms with Gasteiger partial charge in [-0.2, -0.15) is 0 Å². The Hall–Kier alpha value is -0.990. The van der Waals surface area contributed by atoms with Crippen LogP contribution in [0.4, 0.5) is 0 Å². The lowest BCUT2D eigenvalue weighted by Crippen LogP contribution is -2.23. The molecular weight excluding hydrogens is 246 g/mol. The van der Waals surface area contributed by atoms with Crippen molar-refractivity contribution >= 4 is 11.6 Å². The van der Waals surface area contributed by atoms with Crippen LogP contribution in [0.3, 0.4) is 0 Å². The lowest BCUT2D eigenvalue weighted by atomic mass is 9.94. The lowest BCUT2D eigenvalue weighted by molar-refractivity contribution is 0.402. The predicted octanol–water partition coefficient (Wildman–Crippen LogP) is 3.79. The van der Waals surface area contributed by atoms with Crippen molar-refractivity contribution in [2.45, 2.75) is 25.8 Å². The summed E-state index contributed by atoms with van der Waals surface area (Å²) in [5.41, 5.74) is 1.12. The smallest absolute Gasteiger partial charge is 0.123 e. The molecule has 18 heavy (non-hydrogen) atoms. The topological polar surface area (TPSA) is 21.3 Å².